The Morgan fingerprint density at radius 3 is 2.08 bits per heavy atom. The zero-order valence-electron chi connectivity index (χ0n) is 8.92. The second kappa shape index (κ2) is 5.31. The molecule has 0 saturated heterocycles. The molecule has 0 aromatic rings. The fraction of sp³-hybridized carbons (Fsp3) is 0.900. The van der Waals surface area contributed by atoms with Crippen molar-refractivity contribution in [2.24, 2.45) is 11.8 Å². The van der Waals surface area contributed by atoms with E-state index in [2.05, 4.69) is 11.8 Å². The Morgan fingerprint density at radius 2 is 1.75 bits per heavy atom. The third-order valence-electron chi connectivity index (χ3n) is 1.87. The van der Waals surface area contributed by atoms with Crippen molar-refractivity contribution in [3.05, 3.63) is 0 Å². The van der Waals surface area contributed by atoms with E-state index < -0.39 is 0 Å². The predicted molar refractivity (Wildman–Crippen MR) is 52.2 cm³/mol. The second-order valence-electron chi connectivity index (χ2n) is 4.19. The van der Waals surface area contributed by atoms with Crippen LogP contribution in [0, 0.1) is 11.8 Å². The average molecular weight is 171 g/mol. The van der Waals surface area contributed by atoms with Crippen LogP contribution in [0.15, 0.2) is 0 Å². The molecule has 2 heteroatoms. The van der Waals surface area contributed by atoms with Crippen LogP contribution in [0.1, 0.15) is 27.2 Å². The summed E-state index contributed by atoms with van der Waals surface area (Å²) in [5, 5.41) is 0. The van der Waals surface area contributed by atoms with Crippen LogP contribution >= 0.6 is 0 Å². The molecule has 0 spiro atoms. The Bertz CT molecular complexity index is 141. The number of rotatable bonds is 5. The van der Waals surface area contributed by atoms with Gasteiger partial charge in [-0.3, -0.25) is 4.79 Å². The summed E-state index contributed by atoms with van der Waals surface area (Å²) in [6.45, 7) is 7.05. The first-order valence-electron chi connectivity index (χ1n) is 4.61. The molecule has 0 fully saturated rings. The molecule has 1 unspecified atom stereocenters. The van der Waals surface area contributed by atoms with Gasteiger partial charge >= 0.3 is 0 Å². The molecular weight excluding hydrogens is 150 g/mol. The van der Waals surface area contributed by atoms with Crippen molar-refractivity contribution < 1.29 is 4.79 Å². The highest BCUT2D eigenvalue weighted by Crippen LogP contribution is 2.08. The molecule has 0 heterocycles. The van der Waals surface area contributed by atoms with Crippen LogP contribution in [0.4, 0.5) is 0 Å². The summed E-state index contributed by atoms with van der Waals surface area (Å²) >= 11 is 0. The quantitative estimate of drug-likeness (QED) is 0.628. The van der Waals surface area contributed by atoms with Crippen LogP contribution in [-0.2, 0) is 4.79 Å². The number of hydrogen-bond acceptors (Lipinski definition) is 2. The van der Waals surface area contributed by atoms with Gasteiger partial charge in [-0.15, -0.1) is 0 Å². The first-order chi connectivity index (χ1) is 5.43. The van der Waals surface area contributed by atoms with Gasteiger partial charge in [0.05, 0.1) is 0 Å². The van der Waals surface area contributed by atoms with E-state index in [1.54, 1.807) is 0 Å². The molecule has 0 bridgehead atoms. The van der Waals surface area contributed by atoms with E-state index in [0.717, 1.165) is 13.0 Å². The highest BCUT2D eigenvalue weighted by Gasteiger charge is 2.12. The van der Waals surface area contributed by atoms with Gasteiger partial charge in [0.25, 0.3) is 0 Å². The minimum absolute atomic E-state index is 0.189. The van der Waals surface area contributed by atoms with Crippen molar-refractivity contribution in [1.29, 1.82) is 0 Å². The topological polar surface area (TPSA) is 20.3 Å². The van der Waals surface area contributed by atoms with Crippen molar-refractivity contribution in [3.8, 4) is 0 Å². The van der Waals surface area contributed by atoms with Crippen LogP contribution < -0.4 is 0 Å². The van der Waals surface area contributed by atoms with E-state index >= 15 is 0 Å². The SMILES string of the molecule is CC(CC(=O)C(C)C)CN(C)C. The lowest BCUT2D eigenvalue weighted by atomic mass is 9.98. The van der Waals surface area contributed by atoms with Gasteiger partial charge in [-0.25, -0.2) is 0 Å². The zero-order chi connectivity index (χ0) is 9.72. The Hall–Kier alpha value is -0.370. The van der Waals surface area contributed by atoms with Gasteiger partial charge in [0.15, 0.2) is 0 Å². The number of hydrogen-bond donors (Lipinski definition) is 0. The third-order valence-corrected chi connectivity index (χ3v) is 1.87. The monoisotopic (exact) mass is 171 g/mol. The van der Waals surface area contributed by atoms with E-state index in [1.165, 1.54) is 0 Å². The van der Waals surface area contributed by atoms with Crippen LogP contribution in [-0.4, -0.2) is 31.3 Å². The molecule has 0 aromatic carbocycles. The standard InChI is InChI=1S/C10H21NO/c1-8(2)10(12)6-9(3)7-11(4)5/h8-9H,6-7H2,1-5H3. The van der Waals surface area contributed by atoms with Gasteiger partial charge in [-0.2, -0.15) is 0 Å². The molecular formula is C10H21NO. The van der Waals surface area contributed by atoms with Crippen LogP contribution in [0.25, 0.3) is 0 Å². The van der Waals surface area contributed by atoms with Gasteiger partial charge in [0, 0.05) is 18.9 Å². The lowest BCUT2D eigenvalue weighted by molar-refractivity contribution is -0.122. The van der Waals surface area contributed by atoms with Crippen molar-refractivity contribution in [2.75, 3.05) is 20.6 Å². The number of Topliss-reactive ketones (excluding diaryl/α,β-unsaturated/α-hetero) is 1. The molecule has 12 heavy (non-hydrogen) atoms. The summed E-state index contributed by atoms with van der Waals surface area (Å²) in [5.41, 5.74) is 0. The van der Waals surface area contributed by atoms with E-state index in [9.17, 15) is 4.79 Å². The van der Waals surface area contributed by atoms with E-state index in [4.69, 9.17) is 0 Å². The van der Waals surface area contributed by atoms with Gasteiger partial charge in [0.1, 0.15) is 5.78 Å². The van der Waals surface area contributed by atoms with E-state index in [-0.39, 0.29) is 5.92 Å². The Labute approximate surface area is 75.9 Å². The lowest BCUT2D eigenvalue weighted by Gasteiger charge is -2.16. The molecule has 0 saturated carbocycles. The van der Waals surface area contributed by atoms with Crippen LogP contribution in [0.5, 0.6) is 0 Å². The molecule has 0 amide bonds. The maximum atomic E-state index is 11.3. The summed E-state index contributed by atoms with van der Waals surface area (Å²) < 4.78 is 0. The molecule has 0 radical (unpaired) electrons. The summed E-state index contributed by atoms with van der Waals surface area (Å²) in [4.78, 5) is 13.4. The number of carbonyl (C=O) groups is 1. The number of nitrogens with zero attached hydrogens (tertiary/aromatic N) is 1. The molecule has 1 atom stereocenters. The summed E-state index contributed by atoms with van der Waals surface area (Å²) in [6, 6.07) is 0. The van der Waals surface area contributed by atoms with E-state index in [1.807, 2.05) is 27.9 Å². The fourth-order valence-corrected chi connectivity index (χ4v) is 1.27. The Kier molecular flexibility index (Phi) is 5.14. The van der Waals surface area contributed by atoms with Crippen LogP contribution in [0.3, 0.4) is 0 Å². The summed E-state index contributed by atoms with van der Waals surface area (Å²) in [7, 11) is 4.08. The molecule has 0 rings (SSSR count). The van der Waals surface area contributed by atoms with Crippen LogP contribution in [0.2, 0.25) is 0 Å². The highest BCUT2D eigenvalue weighted by atomic mass is 16.1. The first-order valence-corrected chi connectivity index (χ1v) is 4.61. The Morgan fingerprint density at radius 1 is 1.25 bits per heavy atom. The predicted octanol–water partition coefficient (Wildman–Crippen LogP) is 1.80. The average Bonchev–Trinajstić information content (AvgIpc) is 1.84. The van der Waals surface area contributed by atoms with Gasteiger partial charge in [-0.1, -0.05) is 20.8 Å². The molecule has 0 aliphatic carbocycles. The largest absolute Gasteiger partial charge is 0.309 e. The molecule has 0 N–H and O–H groups in total. The maximum absolute atomic E-state index is 11.3. The first kappa shape index (κ1) is 11.6. The zero-order valence-corrected chi connectivity index (χ0v) is 8.92. The van der Waals surface area contributed by atoms with Crippen molar-refractivity contribution in [2.45, 2.75) is 27.2 Å². The minimum Gasteiger partial charge on any atom is -0.309 e. The van der Waals surface area contributed by atoms with Crippen molar-refractivity contribution in [1.82, 2.24) is 4.90 Å². The summed E-state index contributed by atoms with van der Waals surface area (Å²) in [5.74, 6) is 1.05. The molecule has 72 valence electrons. The van der Waals surface area contributed by atoms with Crippen molar-refractivity contribution in [3.63, 3.8) is 0 Å². The molecule has 0 aliphatic rings. The second-order valence-corrected chi connectivity index (χ2v) is 4.19. The molecule has 2 nitrogen and oxygen atoms in total. The lowest BCUT2D eigenvalue weighted by Crippen LogP contribution is -2.23. The number of ketones is 1. The molecule has 0 aromatic heterocycles. The fourth-order valence-electron chi connectivity index (χ4n) is 1.27. The molecule has 0 aliphatic heterocycles. The normalized spacial score (nSPS) is 13.9. The van der Waals surface area contributed by atoms with Gasteiger partial charge < -0.3 is 4.90 Å². The smallest absolute Gasteiger partial charge is 0.135 e. The summed E-state index contributed by atoms with van der Waals surface area (Å²) in [6.07, 6.45) is 0.718. The van der Waals surface area contributed by atoms with Crippen molar-refractivity contribution >= 4 is 5.78 Å². The minimum atomic E-state index is 0.189. The number of carbonyl (C=O) groups excluding carboxylic acids is 1. The maximum Gasteiger partial charge on any atom is 0.135 e. The van der Waals surface area contributed by atoms with Gasteiger partial charge in [-0.05, 0) is 20.0 Å². The van der Waals surface area contributed by atoms with E-state index in [0.29, 0.717) is 11.7 Å². The Balaban J connectivity index is 3.69. The highest BCUT2D eigenvalue weighted by molar-refractivity contribution is 5.80. The van der Waals surface area contributed by atoms with Gasteiger partial charge in [0.2, 0.25) is 0 Å². The third kappa shape index (κ3) is 5.30.